The molecule has 0 fully saturated rings. The Bertz CT molecular complexity index is 273. The van der Waals surface area contributed by atoms with E-state index < -0.39 is 0 Å². The highest BCUT2D eigenvalue weighted by Crippen LogP contribution is 2.22. The normalized spacial score (nSPS) is 14.3. The smallest absolute Gasteiger partial charge is 0.129 e. The predicted octanol–water partition coefficient (Wildman–Crippen LogP) is 0.542. The van der Waals surface area contributed by atoms with Crippen molar-refractivity contribution in [2.24, 2.45) is 0 Å². The topological polar surface area (TPSA) is 45.2 Å². The van der Waals surface area contributed by atoms with Crippen molar-refractivity contribution in [2.75, 3.05) is 11.9 Å². The van der Waals surface area contributed by atoms with Crippen molar-refractivity contribution in [3.05, 3.63) is 23.4 Å². The zero-order valence-electron chi connectivity index (χ0n) is 6.17. The summed E-state index contributed by atoms with van der Waals surface area (Å²) >= 11 is 0. The maximum Gasteiger partial charge on any atom is 0.129 e. The predicted molar refractivity (Wildman–Crippen MR) is 42.4 cm³/mol. The molecule has 2 rings (SSSR count). The minimum atomic E-state index is 0.118. The van der Waals surface area contributed by atoms with E-state index in [4.69, 9.17) is 5.11 Å². The molecule has 0 bridgehead atoms. The Balaban J connectivity index is 2.50. The number of hydrogen-bond acceptors (Lipinski definition) is 3. The van der Waals surface area contributed by atoms with Crippen LogP contribution in [0.5, 0.6) is 0 Å². The van der Waals surface area contributed by atoms with E-state index in [2.05, 4.69) is 10.3 Å². The van der Waals surface area contributed by atoms with Crippen LogP contribution in [0.1, 0.15) is 11.1 Å². The van der Waals surface area contributed by atoms with E-state index in [1.807, 2.05) is 6.07 Å². The quantitative estimate of drug-likeness (QED) is 0.614. The maximum absolute atomic E-state index is 8.95. The van der Waals surface area contributed by atoms with Gasteiger partial charge in [0.15, 0.2) is 0 Å². The van der Waals surface area contributed by atoms with E-state index in [0.717, 1.165) is 24.3 Å². The van der Waals surface area contributed by atoms with E-state index in [1.54, 1.807) is 6.20 Å². The fourth-order valence-electron chi connectivity index (χ4n) is 1.42. The first kappa shape index (κ1) is 6.61. The number of nitrogens with one attached hydrogen (secondary N) is 1. The summed E-state index contributed by atoms with van der Waals surface area (Å²) in [4.78, 5) is 4.15. The first-order valence-electron chi connectivity index (χ1n) is 3.73. The minimum absolute atomic E-state index is 0.118. The van der Waals surface area contributed by atoms with Crippen LogP contribution in [0.2, 0.25) is 0 Å². The molecule has 1 aromatic heterocycles. The van der Waals surface area contributed by atoms with E-state index in [-0.39, 0.29) is 6.61 Å². The Hall–Kier alpha value is -1.09. The number of fused-ring (bicyclic) bond motifs is 1. The van der Waals surface area contributed by atoms with Crippen molar-refractivity contribution < 1.29 is 5.11 Å². The van der Waals surface area contributed by atoms with E-state index in [0.29, 0.717) is 0 Å². The molecule has 0 radical (unpaired) electrons. The highest BCUT2D eigenvalue weighted by atomic mass is 16.3. The van der Waals surface area contributed by atoms with Gasteiger partial charge in [0, 0.05) is 18.3 Å². The maximum atomic E-state index is 8.95. The van der Waals surface area contributed by atoms with Gasteiger partial charge < -0.3 is 10.4 Å². The zero-order valence-corrected chi connectivity index (χ0v) is 6.17. The van der Waals surface area contributed by atoms with Gasteiger partial charge in [0.1, 0.15) is 5.82 Å². The van der Waals surface area contributed by atoms with Crippen LogP contribution in [0.4, 0.5) is 5.82 Å². The molecule has 58 valence electrons. The Morgan fingerprint density at radius 1 is 1.64 bits per heavy atom. The van der Waals surface area contributed by atoms with Gasteiger partial charge >= 0.3 is 0 Å². The molecule has 3 heteroatoms. The van der Waals surface area contributed by atoms with Crippen LogP contribution >= 0.6 is 0 Å². The Kier molecular flexibility index (Phi) is 1.51. The third-order valence-electron chi connectivity index (χ3n) is 1.99. The van der Waals surface area contributed by atoms with Gasteiger partial charge in [-0.15, -0.1) is 0 Å². The molecule has 1 aliphatic rings. The first-order chi connectivity index (χ1) is 5.42. The summed E-state index contributed by atoms with van der Waals surface area (Å²) in [5, 5.41) is 12.1. The molecule has 11 heavy (non-hydrogen) atoms. The van der Waals surface area contributed by atoms with Crippen LogP contribution in [0.3, 0.4) is 0 Å². The number of hydrogen-bond donors (Lipinski definition) is 2. The van der Waals surface area contributed by atoms with Crippen LogP contribution in [0.15, 0.2) is 12.3 Å². The zero-order chi connectivity index (χ0) is 7.68. The molecule has 0 atom stereocenters. The van der Waals surface area contributed by atoms with Crippen molar-refractivity contribution in [1.29, 1.82) is 0 Å². The third-order valence-corrected chi connectivity index (χ3v) is 1.99. The molecule has 0 unspecified atom stereocenters. The van der Waals surface area contributed by atoms with Crippen molar-refractivity contribution in [3.63, 3.8) is 0 Å². The molecule has 0 amide bonds. The molecular weight excluding hydrogens is 140 g/mol. The van der Waals surface area contributed by atoms with Gasteiger partial charge in [-0.25, -0.2) is 4.98 Å². The highest BCUT2D eigenvalue weighted by Gasteiger charge is 2.13. The minimum Gasteiger partial charge on any atom is -0.392 e. The highest BCUT2D eigenvalue weighted by molar-refractivity contribution is 5.52. The van der Waals surface area contributed by atoms with E-state index in [1.165, 1.54) is 5.56 Å². The number of aliphatic hydroxyl groups is 1. The Labute approximate surface area is 65.1 Å². The van der Waals surface area contributed by atoms with Crippen LogP contribution in [0.25, 0.3) is 0 Å². The number of aliphatic hydroxyl groups excluding tert-OH is 1. The first-order valence-corrected chi connectivity index (χ1v) is 3.73. The lowest BCUT2D eigenvalue weighted by Crippen LogP contribution is -1.93. The average molecular weight is 150 g/mol. The third kappa shape index (κ3) is 0.973. The molecule has 0 aromatic carbocycles. The molecule has 1 aromatic rings. The standard InChI is InChI=1S/C8H10N2O/c11-5-6-1-3-9-8-7(6)2-4-10-8/h1,3,11H,2,4-5H2,(H,9,10). The van der Waals surface area contributed by atoms with Gasteiger partial charge in [0.05, 0.1) is 6.61 Å². The van der Waals surface area contributed by atoms with Crippen molar-refractivity contribution in [3.8, 4) is 0 Å². The molecular formula is C8H10N2O. The summed E-state index contributed by atoms with van der Waals surface area (Å²) < 4.78 is 0. The molecule has 1 aliphatic heterocycles. The lowest BCUT2D eigenvalue weighted by atomic mass is 10.1. The summed E-state index contributed by atoms with van der Waals surface area (Å²) in [6, 6.07) is 1.87. The molecule has 2 N–H and O–H groups in total. The van der Waals surface area contributed by atoms with Crippen molar-refractivity contribution in [2.45, 2.75) is 13.0 Å². The van der Waals surface area contributed by atoms with Crippen molar-refractivity contribution >= 4 is 5.82 Å². The van der Waals surface area contributed by atoms with Crippen LogP contribution < -0.4 is 5.32 Å². The van der Waals surface area contributed by atoms with E-state index in [9.17, 15) is 0 Å². The second-order valence-corrected chi connectivity index (χ2v) is 2.63. The van der Waals surface area contributed by atoms with Crippen LogP contribution in [-0.2, 0) is 13.0 Å². The molecule has 2 heterocycles. The monoisotopic (exact) mass is 150 g/mol. The Morgan fingerprint density at radius 3 is 3.36 bits per heavy atom. The van der Waals surface area contributed by atoms with Gasteiger partial charge in [0.2, 0.25) is 0 Å². The molecule has 0 aliphatic carbocycles. The second-order valence-electron chi connectivity index (χ2n) is 2.63. The van der Waals surface area contributed by atoms with Gasteiger partial charge in [-0.1, -0.05) is 0 Å². The van der Waals surface area contributed by atoms with Crippen LogP contribution in [-0.4, -0.2) is 16.6 Å². The van der Waals surface area contributed by atoms with Crippen molar-refractivity contribution in [1.82, 2.24) is 4.98 Å². The second kappa shape index (κ2) is 2.51. The number of rotatable bonds is 1. The summed E-state index contributed by atoms with van der Waals surface area (Å²) in [5.41, 5.74) is 2.18. The molecule has 0 spiro atoms. The van der Waals surface area contributed by atoms with Gasteiger partial charge in [-0.05, 0) is 18.1 Å². The summed E-state index contributed by atoms with van der Waals surface area (Å²) in [7, 11) is 0. The lowest BCUT2D eigenvalue weighted by molar-refractivity contribution is 0.281. The molecule has 0 saturated carbocycles. The van der Waals surface area contributed by atoms with E-state index >= 15 is 0 Å². The molecule has 3 nitrogen and oxygen atoms in total. The van der Waals surface area contributed by atoms with Gasteiger partial charge in [-0.3, -0.25) is 0 Å². The average Bonchev–Trinajstić information content (AvgIpc) is 2.50. The summed E-state index contributed by atoms with van der Waals surface area (Å²) in [6.07, 6.45) is 2.71. The lowest BCUT2D eigenvalue weighted by Gasteiger charge is -2.01. The fourth-order valence-corrected chi connectivity index (χ4v) is 1.42. The molecule has 0 saturated heterocycles. The number of anilines is 1. The largest absolute Gasteiger partial charge is 0.392 e. The fraction of sp³-hybridized carbons (Fsp3) is 0.375. The SMILES string of the molecule is OCc1ccnc2c1CCN2. The summed E-state index contributed by atoms with van der Waals surface area (Å²) in [6.45, 7) is 1.06. The number of aromatic nitrogens is 1. The van der Waals surface area contributed by atoms with Gasteiger partial charge in [0.25, 0.3) is 0 Å². The Morgan fingerprint density at radius 2 is 2.55 bits per heavy atom. The number of nitrogens with zero attached hydrogens (tertiary/aromatic N) is 1. The summed E-state index contributed by atoms with van der Waals surface area (Å²) in [5.74, 6) is 0.941. The van der Waals surface area contributed by atoms with Crippen LogP contribution in [0, 0.1) is 0 Å². The number of pyridine rings is 1. The van der Waals surface area contributed by atoms with Gasteiger partial charge in [-0.2, -0.15) is 0 Å².